The summed E-state index contributed by atoms with van der Waals surface area (Å²) in [5.74, 6) is 3.70. The third kappa shape index (κ3) is 11.1. The van der Waals surface area contributed by atoms with Gasteiger partial charge in [-0.3, -0.25) is 0 Å². The zero-order valence-electron chi connectivity index (χ0n) is 12.1. The van der Waals surface area contributed by atoms with Crippen LogP contribution in [0.1, 0.15) is 33.1 Å². The molecule has 0 heterocycles. The summed E-state index contributed by atoms with van der Waals surface area (Å²) in [6, 6.07) is 10.0. The van der Waals surface area contributed by atoms with Gasteiger partial charge in [-0.2, -0.15) is 18.2 Å². The molecule has 0 atom stereocenters. The van der Waals surface area contributed by atoms with Crippen LogP contribution in [0.2, 0.25) is 0 Å². The van der Waals surface area contributed by atoms with Gasteiger partial charge in [-0.15, -0.1) is 0 Å². The Labute approximate surface area is 133 Å². The minimum Gasteiger partial charge on any atom is -0.234 e. The number of allylic oxidation sites excluding steroid dienone is 2. The maximum atomic E-state index is 10.7. The first-order valence-corrected chi connectivity index (χ1v) is 8.36. The Morgan fingerprint density at radius 1 is 1.15 bits per heavy atom. The van der Waals surface area contributed by atoms with E-state index in [0.717, 1.165) is 30.5 Å². The van der Waals surface area contributed by atoms with Crippen LogP contribution in [0, 0.1) is 0 Å². The van der Waals surface area contributed by atoms with E-state index in [9.17, 15) is 9.59 Å². The second-order valence-corrected chi connectivity index (χ2v) is 6.54. The van der Waals surface area contributed by atoms with E-state index in [4.69, 9.17) is 0 Å². The molecule has 1 aromatic rings. The van der Waals surface area contributed by atoms with Gasteiger partial charge in [-0.25, -0.2) is 21.7 Å². The van der Waals surface area contributed by atoms with Crippen LogP contribution >= 0.6 is 7.92 Å². The standard InChI is InChI=1S/C11H17O2P.C5H5.Mn/c1-3-8-14(9-4-2)11(10-13)6-5-7-12;1-2-4-5-3-1;/h5H,3-4,6,8-9H2,1-2H3;1-5H;/q;-1;. The number of hydrogen-bond acceptors (Lipinski definition) is 2. The van der Waals surface area contributed by atoms with Gasteiger partial charge in [0.15, 0.2) is 0 Å². The first kappa shape index (κ1) is 21.5. The summed E-state index contributed by atoms with van der Waals surface area (Å²) in [6.45, 7) is 4.23. The van der Waals surface area contributed by atoms with Gasteiger partial charge >= 0.3 is 0 Å². The van der Waals surface area contributed by atoms with Crippen molar-refractivity contribution in [2.24, 2.45) is 0 Å². The van der Waals surface area contributed by atoms with E-state index in [2.05, 4.69) is 13.8 Å². The summed E-state index contributed by atoms with van der Waals surface area (Å²) < 4.78 is 0. The van der Waals surface area contributed by atoms with Crippen LogP contribution < -0.4 is 0 Å². The molecular formula is C16H22MnO2P-. The van der Waals surface area contributed by atoms with Gasteiger partial charge in [0.05, 0.1) is 0 Å². The molecule has 0 saturated heterocycles. The average Bonchev–Trinajstić information content (AvgIpc) is 2.99. The Kier molecular flexibility index (Phi) is 17.5. The summed E-state index contributed by atoms with van der Waals surface area (Å²) in [6.07, 6.45) is 6.13. The van der Waals surface area contributed by atoms with Crippen LogP contribution in [0.3, 0.4) is 0 Å². The molecule has 0 fully saturated rings. The van der Waals surface area contributed by atoms with Crippen LogP contribution in [-0.2, 0) is 26.7 Å². The molecule has 20 heavy (non-hydrogen) atoms. The molecule has 1 aromatic carbocycles. The van der Waals surface area contributed by atoms with Crippen LogP contribution in [-0.4, -0.2) is 24.2 Å². The molecule has 2 nitrogen and oxygen atoms in total. The minimum atomic E-state index is -0.353. The Morgan fingerprint density at radius 2 is 1.70 bits per heavy atom. The summed E-state index contributed by atoms with van der Waals surface area (Å²) in [4.78, 5) is 20.8. The molecule has 0 saturated carbocycles. The van der Waals surface area contributed by atoms with E-state index in [-0.39, 0.29) is 25.0 Å². The van der Waals surface area contributed by atoms with Gasteiger partial charge < -0.3 is 0 Å². The van der Waals surface area contributed by atoms with Crippen molar-refractivity contribution in [1.29, 1.82) is 0 Å². The molecule has 0 bridgehead atoms. The molecule has 0 amide bonds. The van der Waals surface area contributed by atoms with E-state index in [1.165, 1.54) is 6.08 Å². The molecule has 0 aliphatic carbocycles. The van der Waals surface area contributed by atoms with Crippen LogP contribution in [0.4, 0.5) is 0 Å². The van der Waals surface area contributed by atoms with E-state index in [1.807, 2.05) is 36.3 Å². The molecule has 111 valence electrons. The fraction of sp³-hybridized carbons (Fsp3) is 0.438. The average molecular weight is 332 g/mol. The third-order valence-electron chi connectivity index (χ3n) is 2.42. The van der Waals surface area contributed by atoms with Crippen molar-refractivity contribution in [3.05, 3.63) is 41.7 Å². The molecular weight excluding hydrogens is 310 g/mol. The van der Waals surface area contributed by atoms with E-state index in [0.29, 0.717) is 6.42 Å². The molecule has 0 unspecified atom stereocenters. The first-order valence-electron chi connectivity index (χ1n) is 6.65. The van der Waals surface area contributed by atoms with E-state index in [1.54, 1.807) is 5.94 Å². The molecule has 0 aromatic heterocycles. The van der Waals surface area contributed by atoms with Gasteiger partial charge in [-0.05, 0) is 12.3 Å². The van der Waals surface area contributed by atoms with Crippen LogP contribution in [0.5, 0.6) is 0 Å². The summed E-state index contributed by atoms with van der Waals surface area (Å²) in [5, 5.41) is 0.784. The zero-order valence-corrected chi connectivity index (χ0v) is 14.2. The molecule has 0 aliphatic rings. The maximum absolute atomic E-state index is 10.7. The Balaban J connectivity index is 0. The molecule has 4 heteroatoms. The van der Waals surface area contributed by atoms with Crippen molar-refractivity contribution in [1.82, 2.24) is 0 Å². The molecule has 0 N–H and O–H groups in total. The quantitative estimate of drug-likeness (QED) is 0.325. The zero-order chi connectivity index (χ0) is 14.3. The largest absolute Gasteiger partial charge is 0.234 e. The predicted octanol–water partition coefficient (Wildman–Crippen LogP) is 4.18. The van der Waals surface area contributed by atoms with E-state index < -0.39 is 0 Å². The van der Waals surface area contributed by atoms with Gasteiger partial charge in [0.2, 0.25) is 0 Å². The van der Waals surface area contributed by atoms with Crippen molar-refractivity contribution in [3.8, 4) is 0 Å². The monoisotopic (exact) mass is 332 g/mol. The molecule has 1 rings (SSSR count). The van der Waals surface area contributed by atoms with Crippen molar-refractivity contribution < 1.29 is 26.7 Å². The van der Waals surface area contributed by atoms with Crippen LogP contribution in [0.15, 0.2) is 41.7 Å². The van der Waals surface area contributed by atoms with Crippen LogP contribution in [0.25, 0.3) is 0 Å². The Hall–Kier alpha value is -0.801. The van der Waals surface area contributed by atoms with Gasteiger partial charge in [0, 0.05) is 34.9 Å². The maximum Gasteiger partial charge on any atom is 0.128 e. The van der Waals surface area contributed by atoms with E-state index >= 15 is 0 Å². The summed E-state index contributed by atoms with van der Waals surface area (Å²) in [7, 11) is -0.353. The molecule has 0 aliphatic heterocycles. The number of carbonyl (C=O) groups excluding carboxylic acids is 2. The number of rotatable bonds is 7. The fourth-order valence-electron chi connectivity index (χ4n) is 1.62. The molecule has 1 radical (unpaired) electrons. The second-order valence-electron chi connectivity index (χ2n) is 4.02. The van der Waals surface area contributed by atoms with Crippen molar-refractivity contribution >= 4 is 19.8 Å². The Bertz CT molecular complexity index is 379. The van der Waals surface area contributed by atoms with Crippen molar-refractivity contribution in [2.75, 3.05) is 12.3 Å². The normalized spacial score (nSPS) is 8.55. The first-order chi connectivity index (χ1) is 9.29. The Morgan fingerprint density at radius 3 is 2.00 bits per heavy atom. The molecule has 0 spiro atoms. The topological polar surface area (TPSA) is 34.1 Å². The second kappa shape index (κ2) is 16.3. The SMILES string of the molecule is CCCP(CCC)C(=C=O)CC=C=O.[Mn].c1cc[cH-]c1. The summed E-state index contributed by atoms with van der Waals surface area (Å²) in [5.41, 5.74) is 0. The smallest absolute Gasteiger partial charge is 0.128 e. The minimum absolute atomic E-state index is 0. The third-order valence-corrected chi connectivity index (χ3v) is 5.43. The summed E-state index contributed by atoms with van der Waals surface area (Å²) >= 11 is 0. The van der Waals surface area contributed by atoms with Gasteiger partial charge in [-0.1, -0.05) is 34.6 Å². The van der Waals surface area contributed by atoms with Crippen molar-refractivity contribution in [2.45, 2.75) is 33.1 Å². The van der Waals surface area contributed by atoms with Crippen molar-refractivity contribution in [3.63, 3.8) is 0 Å². The fourth-order valence-corrected chi connectivity index (χ4v) is 3.94. The predicted molar refractivity (Wildman–Crippen MR) is 83.4 cm³/mol. The number of hydrogen-bond donors (Lipinski definition) is 0. The van der Waals surface area contributed by atoms with Gasteiger partial charge in [0.25, 0.3) is 0 Å². The van der Waals surface area contributed by atoms with Gasteiger partial charge in [0.1, 0.15) is 11.9 Å².